The molecule has 11 heavy (non-hydrogen) atoms. The van der Waals surface area contributed by atoms with Crippen molar-refractivity contribution in [3.05, 3.63) is 0 Å². The number of rotatable bonds is 3. The average molecular weight is 162 g/mol. The molecule has 0 aromatic heterocycles. The Morgan fingerprint density at radius 1 is 1.55 bits per heavy atom. The predicted octanol–water partition coefficient (Wildman–Crippen LogP) is -0.694. The molecule has 0 heterocycles. The minimum absolute atomic E-state index is 0.267. The number of carbonyl (C=O) groups is 1. The molecule has 5 nitrogen and oxygen atoms in total. The highest BCUT2D eigenvalue weighted by Crippen LogP contribution is 1.92. The first kappa shape index (κ1) is 10.2. The van der Waals surface area contributed by atoms with Crippen LogP contribution in [-0.2, 0) is 0 Å². The van der Waals surface area contributed by atoms with E-state index in [2.05, 4.69) is 5.32 Å². The SMILES string of the molecule is CCNC(=O)N(CC)C(O)O. The molecular weight excluding hydrogens is 148 g/mol. The molecule has 66 valence electrons. The van der Waals surface area contributed by atoms with Crippen molar-refractivity contribution >= 4 is 6.03 Å². The summed E-state index contributed by atoms with van der Waals surface area (Å²) in [5.74, 6) is 0. The fourth-order valence-corrected chi connectivity index (χ4v) is 0.665. The number of hydrogen-bond acceptors (Lipinski definition) is 3. The van der Waals surface area contributed by atoms with E-state index < -0.39 is 12.4 Å². The van der Waals surface area contributed by atoms with Crippen LogP contribution < -0.4 is 5.32 Å². The monoisotopic (exact) mass is 162 g/mol. The van der Waals surface area contributed by atoms with Gasteiger partial charge in [0.25, 0.3) is 0 Å². The summed E-state index contributed by atoms with van der Waals surface area (Å²) >= 11 is 0. The second-order valence-electron chi connectivity index (χ2n) is 1.97. The number of aliphatic hydroxyl groups excluding tert-OH is 1. The lowest BCUT2D eigenvalue weighted by Gasteiger charge is -2.22. The molecule has 0 aliphatic carbocycles. The van der Waals surface area contributed by atoms with Gasteiger partial charge in [0.05, 0.1) is 0 Å². The molecule has 0 fully saturated rings. The normalized spacial score (nSPS) is 9.91. The van der Waals surface area contributed by atoms with Gasteiger partial charge in [-0.15, -0.1) is 0 Å². The van der Waals surface area contributed by atoms with Gasteiger partial charge in [-0.3, -0.25) is 4.90 Å². The van der Waals surface area contributed by atoms with Gasteiger partial charge in [0.15, 0.2) is 0 Å². The zero-order chi connectivity index (χ0) is 8.85. The standard InChI is InChI=1S/C6H14N2O3/c1-3-7-5(9)8(4-2)6(10)11/h6,10-11H,3-4H2,1-2H3,(H,7,9). The van der Waals surface area contributed by atoms with Crippen molar-refractivity contribution in [1.82, 2.24) is 10.2 Å². The Bertz CT molecular complexity index is 127. The van der Waals surface area contributed by atoms with Gasteiger partial charge >= 0.3 is 6.03 Å². The molecule has 0 saturated heterocycles. The summed E-state index contributed by atoms with van der Waals surface area (Å²) in [6.45, 7) is 4.16. The maximum absolute atomic E-state index is 10.9. The fourth-order valence-electron chi connectivity index (χ4n) is 0.665. The van der Waals surface area contributed by atoms with Gasteiger partial charge in [-0.25, -0.2) is 4.79 Å². The maximum Gasteiger partial charge on any atom is 0.321 e. The molecule has 2 amide bonds. The van der Waals surface area contributed by atoms with Crippen molar-refractivity contribution in [2.45, 2.75) is 20.3 Å². The third-order valence-electron chi connectivity index (χ3n) is 1.21. The van der Waals surface area contributed by atoms with Gasteiger partial charge in [0, 0.05) is 13.1 Å². The molecule has 0 rings (SSSR count). The van der Waals surface area contributed by atoms with Crippen molar-refractivity contribution in [3.8, 4) is 0 Å². The molecule has 0 unspecified atom stereocenters. The highest BCUT2D eigenvalue weighted by Gasteiger charge is 2.15. The summed E-state index contributed by atoms with van der Waals surface area (Å²) in [7, 11) is 0. The molecule has 3 N–H and O–H groups in total. The van der Waals surface area contributed by atoms with Gasteiger partial charge in [-0.1, -0.05) is 0 Å². The molecular formula is C6H14N2O3. The van der Waals surface area contributed by atoms with Crippen LogP contribution in [0.5, 0.6) is 0 Å². The van der Waals surface area contributed by atoms with Gasteiger partial charge in [-0.05, 0) is 13.8 Å². The first-order valence-corrected chi connectivity index (χ1v) is 3.54. The van der Waals surface area contributed by atoms with Crippen molar-refractivity contribution < 1.29 is 15.0 Å². The summed E-state index contributed by atoms with van der Waals surface area (Å²) in [4.78, 5) is 11.8. The Labute approximate surface area is 65.6 Å². The number of aliphatic hydroxyl groups is 2. The van der Waals surface area contributed by atoms with Gasteiger partial charge in [-0.2, -0.15) is 0 Å². The third kappa shape index (κ3) is 3.20. The Kier molecular flexibility index (Phi) is 4.56. The van der Waals surface area contributed by atoms with Crippen LogP contribution >= 0.6 is 0 Å². The fraction of sp³-hybridized carbons (Fsp3) is 0.833. The third-order valence-corrected chi connectivity index (χ3v) is 1.21. The zero-order valence-corrected chi connectivity index (χ0v) is 6.74. The van der Waals surface area contributed by atoms with Crippen molar-refractivity contribution in [2.75, 3.05) is 13.1 Å². The van der Waals surface area contributed by atoms with Crippen LogP contribution in [0.3, 0.4) is 0 Å². The largest absolute Gasteiger partial charge is 0.351 e. The van der Waals surface area contributed by atoms with Crippen molar-refractivity contribution in [3.63, 3.8) is 0 Å². The number of carbonyl (C=O) groups excluding carboxylic acids is 1. The smallest absolute Gasteiger partial charge is 0.321 e. The molecule has 0 atom stereocenters. The molecule has 5 heteroatoms. The van der Waals surface area contributed by atoms with Crippen LogP contribution in [0.4, 0.5) is 4.79 Å². The van der Waals surface area contributed by atoms with E-state index in [-0.39, 0.29) is 6.54 Å². The Morgan fingerprint density at radius 2 is 2.09 bits per heavy atom. The van der Waals surface area contributed by atoms with E-state index in [1.54, 1.807) is 13.8 Å². The molecule has 0 spiro atoms. The minimum Gasteiger partial charge on any atom is -0.351 e. The number of nitrogens with one attached hydrogen (secondary N) is 1. The summed E-state index contributed by atoms with van der Waals surface area (Å²) < 4.78 is 0. The van der Waals surface area contributed by atoms with E-state index in [9.17, 15) is 4.79 Å². The quantitative estimate of drug-likeness (QED) is 0.481. The second kappa shape index (κ2) is 4.92. The second-order valence-corrected chi connectivity index (χ2v) is 1.97. The average Bonchev–Trinajstić information content (AvgIpc) is 1.88. The van der Waals surface area contributed by atoms with Crippen LogP contribution in [0.2, 0.25) is 0 Å². The van der Waals surface area contributed by atoms with Crippen LogP contribution in [-0.4, -0.2) is 40.6 Å². The topological polar surface area (TPSA) is 72.8 Å². The van der Waals surface area contributed by atoms with E-state index in [1.807, 2.05) is 0 Å². The van der Waals surface area contributed by atoms with Crippen LogP contribution in [0, 0.1) is 0 Å². The zero-order valence-electron chi connectivity index (χ0n) is 6.74. The van der Waals surface area contributed by atoms with E-state index in [0.717, 1.165) is 4.90 Å². The minimum atomic E-state index is -1.72. The maximum atomic E-state index is 10.9. The summed E-state index contributed by atoms with van der Waals surface area (Å²) in [6.07, 6.45) is -1.72. The van der Waals surface area contributed by atoms with E-state index >= 15 is 0 Å². The first-order valence-electron chi connectivity index (χ1n) is 3.54. The van der Waals surface area contributed by atoms with E-state index in [0.29, 0.717) is 6.54 Å². The van der Waals surface area contributed by atoms with Crippen molar-refractivity contribution in [2.24, 2.45) is 0 Å². The lowest BCUT2D eigenvalue weighted by molar-refractivity contribution is -0.130. The number of hydrogen-bond donors (Lipinski definition) is 3. The lowest BCUT2D eigenvalue weighted by atomic mass is 10.6. The van der Waals surface area contributed by atoms with Gasteiger partial charge in [0.1, 0.15) is 0 Å². The molecule has 0 aromatic rings. The summed E-state index contributed by atoms with van der Waals surface area (Å²) in [5, 5.41) is 19.7. The Hall–Kier alpha value is -0.810. The summed E-state index contributed by atoms with van der Waals surface area (Å²) in [5.41, 5.74) is 0. The predicted molar refractivity (Wildman–Crippen MR) is 39.7 cm³/mol. The van der Waals surface area contributed by atoms with Gasteiger partial charge in [0.2, 0.25) is 6.41 Å². The number of nitrogens with zero attached hydrogens (tertiary/aromatic N) is 1. The number of urea groups is 1. The van der Waals surface area contributed by atoms with E-state index in [4.69, 9.17) is 10.2 Å². The van der Waals surface area contributed by atoms with Crippen LogP contribution in [0.1, 0.15) is 13.8 Å². The lowest BCUT2D eigenvalue weighted by Crippen LogP contribution is -2.45. The first-order chi connectivity index (χ1) is 5.13. The highest BCUT2D eigenvalue weighted by molar-refractivity contribution is 5.74. The Morgan fingerprint density at radius 3 is 2.36 bits per heavy atom. The molecule has 0 aromatic carbocycles. The van der Waals surface area contributed by atoms with Crippen molar-refractivity contribution in [1.29, 1.82) is 0 Å². The summed E-state index contributed by atoms with van der Waals surface area (Å²) in [6, 6.07) is -0.468. The van der Waals surface area contributed by atoms with E-state index in [1.165, 1.54) is 0 Å². The Balaban J connectivity index is 3.92. The number of amides is 2. The molecule has 0 saturated carbocycles. The van der Waals surface area contributed by atoms with Crippen LogP contribution in [0.15, 0.2) is 0 Å². The molecule has 0 radical (unpaired) electrons. The highest BCUT2D eigenvalue weighted by atomic mass is 16.5. The molecule has 0 aliphatic rings. The van der Waals surface area contributed by atoms with Gasteiger partial charge < -0.3 is 15.5 Å². The van der Waals surface area contributed by atoms with Crippen LogP contribution in [0.25, 0.3) is 0 Å². The molecule has 0 bridgehead atoms. The molecule has 0 aliphatic heterocycles.